The topological polar surface area (TPSA) is 56.2 Å². The lowest BCUT2D eigenvalue weighted by Gasteiger charge is -2.11. The second kappa shape index (κ2) is 8.85. The summed E-state index contributed by atoms with van der Waals surface area (Å²) < 4.78 is 8.53. The molecular formula is C23H20BrN3O2S. The summed E-state index contributed by atoms with van der Waals surface area (Å²) in [6, 6.07) is 19.2. The van der Waals surface area contributed by atoms with E-state index in [9.17, 15) is 4.79 Å². The van der Waals surface area contributed by atoms with Gasteiger partial charge in [-0.1, -0.05) is 40.2 Å². The van der Waals surface area contributed by atoms with Crippen molar-refractivity contribution >= 4 is 39.0 Å². The lowest BCUT2D eigenvalue weighted by molar-refractivity contribution is 0.102. The van der Waals surface area contributed by atoms with Crippen LogP contribution in [0.3, 0.4) is 0 Å². The van der Waals surface area contributed by atoms with Crippen molar-refractivity contribution in [1.82, 2.24) is 9.78 Å². The van der Waals surface area contributed by atoms with Gasteiger partial charge in [-0.3, -0.25) is 9.48 Å². The molecule has 0 saturated carbocycles. The van der Waals surface area contributed by atoms with Crippen LogP contribution in [0.5, 0.6) is 5.75 Å². The Hall–Kier alpha value is -2.90. The van der Waals surface area contributed by atoms with E-state index in [2.05, 4.69) is 26.3 Å². The van der Waals surface area contributed by atoms with Gasteiger partial charge in [0, 0.05) is 27.5 Å². The average Bonchev–Trinajstić information content (AvgIpc) is 3.35. The Labute approximate surface area is 187 Å². The van der Waals surface area contributed by atoms with Crippen LogP contribution in [-0.2, 0) is 13.7 Å². The van der Waals surface area contributed by atoms with Gasteiger partial charge in [0.05, 0.1) is 5.69 Å². The van der Waals surface area contributed by atoms with Crippen LogP contribution < -0.4 is 10.1 Å². The number of hydrogen-bond acceptors (Lipinski definition) is 4. The van der Waals surface area contributed by atoms with E-state index in [-0.39, 0.29) is 5.91 Å². The maximum Gasteiger partial charge on any atom is 0.256 e. The van der Waals surface area contributed by atoms with Crippen molar-refractivity contribution in [1.29, 1.82) is 0 Å². The fourth-order valence-electron chi connectivity index (χ4n) is 3.22. The number of nitrogens with zero attached hydrogens (tertiary/aromatic N) is 2. The van der Waals surface area contributed by atoms with E-state index in [1.165, 1.54) is 0 Å². The number of aromatic nitrogens is 2. The lowest BCUT2D eigenvalue weighted by Crippen LogP contribution is -2.15. The van der Waals surface area contributed by atoms with Crippen molar-refractivity contribution in [3.05, 3.63) is 86.7 Å². The molecule has 0 bridgehead atoms. The number of carbonyl (C=O) groups excluding carboxylic acids is 1. The van der Waals surface area contributed by atoms with E-state index in [0.29, 0.717) is 23.7 Å². The zero-order chi connectivity index (χ0) is 21.1. The molecule has 7 heteroatoms. The van der Waals surface area contributed by atoms with Crippen LogP contribution in [0, 0.1) is 6.92 Å². The summed E-state index contributed by atoms with van der Waals surface area (Å²) in [5.41, 5.74) is 3.28. The highest BCUT2D eigenvalue weighted by Crippen LogP contribution is 2.32. The largest absolute Gasteiger partial charge is 0.488 e. The molecule has 4 aromatic rings. The number of benzene rings is 2. The number of aryl methyl sites for hydroxylation is 2. The number of anilines is 1. The minimum atomic E-state index is -0.210. The van der Waals surface area contributed by atoms with Crippen molar-refractivity contribution in [3.8, 4) is 16.9 Å². The maximum absolute atomic E-state index is 13.0. The van der Waals surface area contributed by atoms with Crippen molar-refractivity contribution < 1.29 is 9.53 Å². The number of amides is 1. The number of nitrogens with one attached hydrogen (secondary N) is 1. The van der Waals surface area contributed by atoms with Gasteiger partial charge in [0.2, 0.25) is 0 Å². The molecule has 0 spiro atoms. The summed E-state index contributed by atoms with van der Waals surface area (Å²) in [7, 11) is 1.82. The van der Waals surface area contributed by atoms with Gasteiger partial charge in [0.1, 0.15) is 18.2 Å². The fourth-order valence-corrected chi connectivity index (χ4v) is 4.10. The van der Waals surface area contributed by atoms with Crippen molar-refractivity contribution in [2.24, 2.45) is 7.05 Å². The number of ether oxygens (including phenoxy) is 1. The quantitative estimate of drug-likeness (QED) is 0.364. The predicted molar refractivity (Wildman–Crippen MR) is 124 cm³/mol. The average molecular weight is 482 g/mol. The molecule has 2 aromatic heterocycles. The van der Waals surface area contributed by atoms with Crippen LogP contribution >= 0.6 is 27.3 Å². The second-order valence-electron chi connectivity index (χ2n) is 6.79. The van der Waals surface area contributed by atoms with Crippen LogP contribution in [0.25, 0.3) is 11.1 Å². The van der Waals surface area contributed by atoms with E-state index in [4.69, 9.17) is 4.74 Å². The normalized spacial score (nSPS) is 10.8. The summed E-state index contributed by atoms with van der Waals surface area (Å²) >= 11 is 5.10. The predicted octanol–water partition coefficient (Wildman–Crippen LogP) is 6.05. The second-order valence-corrected chi connectivity index (χ2v) is 8.74. The van der Waals surface area contributed by atoms with Gasteiger partial charge in [-0.2, -0.15) is 5.10 Å². The molecule has 0 fully saturated rings. The molecule has 1 N–H and O–H groups in total. The van der Waals surface area contributed by atoms with E-state index in [0.717, 1.165) is 26.2 Å². The highest BCUT2D eigenvalue weighted by Gasteiger charge is 2.18. The van der Waals surface area contributed by atoms with E-state index in [1.54, 1.807) is 28.2 Å². The van der Waals surface area contributed by atoms with Gasteiger partial charge in [0.25, 0.3) is 5.91 Å². The molecular weight excluding hydrogens is 462 g/mol. The van der Waals surface area contributed by atoms with Gasteiger partial charge in [-0.05, 0) is 54.3 Å². The number of hydrogen-bond donors (Lipinski definition) is 1. The van der Waals surface area contributed by atoms with Gasteiger partial charge in [-0.25, -0.2) is 0 Å². The monoisotopic (exact) mass is 481 g/mol. The van der Waals surface area contributed by atoms with Crippen molar-refractivity contribution in [2.75, 3.05) is 5.32 Å². The number of halogens is 1. The van der Waals surface area contributed by atoms with E-state index < -0.39 is 0 Å². The summed E-state index contributed by atoms with van der Waals surface area (Å²) in [6.07, 6.45) is 0. The molecule has 0 radical (unpaired) electrons. The number of rotatable bonds is 6. The molecule has 2 heterocycles. The first-order valence-corrected chi connectivity index (χ1v) is 11.0. The highest BCUT2D eigenvalue weighted by atomic mass is 79.9. The molecule has 4 rings (SSSR count). The number of thiophene rings is 1. The summed E-state index contributed by atoms with van der Waals surface area (Å²) in [5.74, 6) is 1.10. The van der Waals surface area contributed by atoms with Crippen LogP contribution in [0.15, 0.2) is 70.5 Å². The smallest absolute Gasteiger partial charge is 0.256 e. The molecule has 0 saturated heterocycles. The SMILES string of the molecule is Cc1nn(C)c(NC(=O)c2cccc(OCc3cccs3)c2)c1-c1ccc(Br)cc1. The summed E-state index contributed by atoms with van der Waals surface area (Å²) in [4.78, 5) is 14.1. The van der Waals surface area contributed by atoms with Crippen molar-refractivity contribution in [2.45, 2.75) is 13.5 Å². The number of carbonyl (C=O) groups is 1. The molecule has 0 aliphatic carbocycles. The van der Waals surface area contributed by atoms with Crippen LogP contribution in [0.4, 0.5) is 5.82 Å². The molecule has 1 amide bonds. The third kappa shape index (κ3) is 4.47. The molecule has 5 nitrogen and oxygen atoms in total. The first-order valence-electron chi connectivity index (χ1n) is 9.37. The first-order chi connectivity index (χ1) is 14.5. The van der Waals surface area contributed by atoms with E-state index in [1.807, 2.05) is 67.9 Å². The molecule has 0 aliphatic heterocycles. The Morgan fingerprint density at radius 3 is 2.70 bits per heavy atom. The summed E-state index contributed by atoms with van der Waals surface area (Å²) in [6.45, 7) is 2.42. The first kappa shape index (κ1) is 20.4. The van der Waals surface area contributed by atoms with Crippen LogP contribution in [0.2, 0.25) is 0 Å². The Bertz CT molecular complexity index is 1170. The third-order valence-corrected chi connectivity index (χ3v) is 6.02. The zero-order valence-corrected chi connectivity index (χ0v) is 19.0. The molecule has 0 aliphatic rings. The van der Waals surface area contributed by atoms with Crippen LogP contribution in [0.1, 0.15) is 20.9 Å². The summed E-state index contributed by atoms with van der Waals surface area (Å²) in [5, 5.41) is 9.54. The Morgan fingerprint density at radius 1 is 1.17 bits per heavy atom. The standard InChI is InChI=1S/C23H20BrN3O2S/c1-15-21(16-8-10-18(24)11-9-16)22(27(2)26-15)25-23(28)17-5-3-6-19(13-17)29-14-20-7-4-12-30-20/h3-13H,14H2,1-2H3,(H,25,28). The van der Waals surface area contributed by atoms with Gasteiger partial charge in [-0.15, -0.1) is 11.3 Å². The molecule has 0 unspecified atom stereocenters. The molecule has 2 aromatic carbocycles. The Morgan fingerprint density at radius 2 is 1.97 bits per heavy atom. The molecule has 0 atom stereocenters. The minimum absolute atomic E-state index is 0.210. The Kier molecular flexibility index (Phi) is 6.01. The fraction of sp³-hybridized carbons (Fsp3) is 0.130. The molecule has 152 valence electrons. The van der Waals surface area contributed by atoms with Crippen LogP contribution in [-0.4, -0.2) is 15.7 Å². The van der Waals surface area contributed by atoms with Gasteiger partial charge in [0.15, 0.2) is 0 Å². The minimum Gasteiger partial charge on any atom is -0.488 e. The molecule has 30 heavy (non-hydrogen) atoms. The third-order valence-electron chi connectivity index (χ3n) is 4.64. The van der Waals surface area contributed by atoms with Crippen molar-refractivity contribution in [3.63, 3.8) is 0 Å². The van der Waals surface area contributed by atoms with Gasteiger partial charge >= 0.3 is 0 Å². The Balaban J connectivity index is 1.56. The highest BCUT2D eigenvalue weighted by molar-refractivity contribution is 9.10. The van der Waals surface area contributed by atoms with Gasteiger partial charge < -0.3 is 10.1 Å². The van der Waals surface area contributed by atoms with E-state index >= 15 is 0 Å². The zero-order valence-electron chi connectivity index (χ0n) is 16.6. The maximum atomic E-state index is 13.0. The lowest BCUT2D eigenvalue weighted by atomic mass is 10.1.